The molecule has 0 bridgehead atoms. The van der Waals surface area contributed by atoms with Gasteiger partial charge in [0, 0.05) is 6.42 Å². The second-order valence-electron chi connectivity index (χ2n) is 5.42. The van der Waals surface area contributed by atoms with Gasteiger partial charge in [-0.15, -0.1) is 11.3 Å². The summed E-state index contributed by atoms with van der Waals surface area (Å²) in [6.45, 7) is 3.59. The summed E-state index contributed by atoms with van der Waals surface area (Å²) in [6.07, 6.45) is -0.241. The fraction of sp³-hybridized carbons (Fsp3) is 0.333. The van der Waals surface area contributed by atoms with Crippen LogP contribution in [0.15, 0.2) is 18.2 Å². The first-order valence-corrected chi connectivity index (χ1v) is 9.49. The first-order valence-electron chi connectivity index (χ1n) is 7.27. The lowest BCUT2D eigenvalue weighted by atomic mass is 10.0. The number of carbonyl (C=O) groups is 1. The molecule has 0 fully saturated rings. The van der Waals surface area contributed by atoms with Gasteiger partial charge in [-0.2, -0.15) is 21.6 Å². The highest BCUT2D eigenvalue weighted by atomic mass is 32.2. The molecule has 0 aliphatic carbocycles. The molecule has 1 amide bonds. The molecule has 0 atom stereocenters. The van der Waals surface area contributed by atoms with Gasteiger partial charge in [-0.25, -0.2) is 4.98 Å². The van der Waals surface area contributed by atoms with Crippen LogP contribution in [0.4, 0.5) is 13.2 Å². The number of thiazole rings is 1. The van der Waals surface area contributed by atoms with E-state index >= 15 is 0 Å². The third-order valence-electron chi connectivity index (χ3n) is 3.35. The standard InChI is InChI=1S/C15H15F3N2O4S2/c1-8-14(25-9(2)20-8)11-3-5-12(10(7-11)4-6-13(19)21)24-26(22,23)15(16,17)18/h3,5,7H,4,6H2,1-2H3,(H2,19,21). The molecule has 26 heavy (non-hydrogen) atoms. The van der Waals surface area contributed by atoms with E-state index in [-0.39, 0.29) is 18.4 Å². The van der Waals surface area contributed by atoms with Crippen molar-refractivity contribution in [3.63, 3.8) is 0 Å². The van der Waals surface area contributed by atoms with Crippen LogP contribution in [-0.2, 0) is 21.3 Å². The second kappa shape index (κ2) is 7.23. The zero-order chi connectivity index (χ0) is 19.7. The fourth-order valence-corrected chi connectivity index (χ4v) is 3.63. The molecule has 0 aliphatic rings. The van der Waals surface area contributed by atoms with Crippen molar-refractivity contribution in [2.75, 3.05) is 0 Å². The van der Waals surface area contributed by atoms with Crippen molar-refractivity contribution in [3.05, 3.63) is 34.5 Å². The number of benzene rings is 1. The lowest BCUT2D eigenvalue weighted by Gasteiger charge is -2.14. The molecule has 2 rings (SSSR count). The van der Waals surface area contributed by atoms with E-state index in [9.17, 15) is 26.4 Å². The molecule has 11 heteroatoms. The van der Waals surface area contributed by atoms with E-state index in [1.807, 2.05) is 6.92 Å². The van der Waals surface area contributed by atoms with Crippen molar-refractivity contribution in [1.29, 1.82) is 0 Å². The highest BCUT2D eigenvalue weighted by Gasteiger charge is 2.48. The molecule has 2 aromatic rings. The summed E-state index contributed by atoms with van der Waals surface area (Å²) in [7, 11) is -5.82. The van der Waals surface area contributed by atoms with Gasteiger partial charge in [0.1, 0.15) is 5.75 Å². The number of aromatic nitrogens is 1. The van der Waals surface area contributed by atoms with E-state index in [4.69, 9.17) is 5.73 Å². The van der Waals surface area contributed by atoms with Gasteiger partial charge in [-0.1, -0.05) is 0 Å². The van der Waals surface area contributed by atoms with Gasteiger partial charge in [0.2, 0.25) is 5.91 Å². The Morgan fingerprint density at radius 2 is 1.96 bits per heavy atom. The molecule has 0 radical (unpaired) electrons. The smallest absolute Gasteiger partial charge is 0.376 e. The molecule has 142 valence electrons. The number of carbonyl (C=O) groups excluding carboxylic acids is 1. The van der Waals surface area contributed by atoms with Crippen molar-refractivity contribution in [2.24, 2.45) is 5.73 Å². The summed E-state index contributed by atoms with van der Waals surface area (Å²) in [4.78, 5) is 16.1. The third-order valence-corrected chi connectivity index (χ3v) is 5.44. The Labute approximate surface area is 151 Å². The number of primary amides is 1. The number of halogens is 3. The zero-order valence-corrected chi connectivity index (χ0v) is 15.4. The Hall–Kier alpha value is -2.14. The van der Waals surface area contributed by atoms with Gasteiger partial charge in [-0.3, -0.25) is 4.79 Å². The van der Waals surface area contributed by atoms with E-state index < -0.39 is 27.3 Å². The molecular formula is C15H15F3N2O4S2. The molecular weight excluding hydrogens is 393 g/mol. The number of alkyl halides is 3. The fourth-order valence-electron chi connectivity index (χ4n) is 2.22. The second-order valence-corrected chi connectivity index (χ2v) is 8.16. The number of hydrogen-bond acceptors (Lipinski definition) is 6. The monoisotopic (exact) mass is 408 g/mol. The first kappa shape index (κ1) is 20.2. The molecule has 1 aromatic heterocycles. The van der Waals surface area contributed by atoms with Gasteiger partial charge in [0.25, 0.3) is 0 Å². The van der Waals surface area contributed by atoms with Crippen molar-refractivity contribution in [2.45, 2.75) is 32.2 Å². The largest absolute Gasteiger partial charge is 0.534 e. The average Bonchev–Trinajstić information content (AvgIpc) is 2.83. The van der Waals surface area contributed by atoms with Gasteiger partial charge in [0.05, 0.1) is 15.6 Å². The maximum atomic E-state index is 12.6. The SMILES string of the molecule is Cc1nc(C)c(-c2ccc(OS(=O)(=O)C(F)(F)F)c(CCC(N)=O)c2)s1. The van der Waals surface area contributed by atoms with Crippen LogP contribution >= 0.6 is 11.3 Å². The van der Waals surface area contributed by atoms with Crippen molar-refractivity contribution in [1.82, 2.24) is 4.98 Å². The van der Waals surface area contributed by atoms with E-state index in [1.165, 1.54) is 23.5 Å². The Balaban J connectivity index is 2.48. The van der Waals surface area contributed by atoms with Gasteiger partial charge in [-0.05, 0) is 49.6 Å². The topological polar surface area (TPSA) is 99.3 Å². The summed E-state index contributed by atoms with van der Waals surface area (Å²) in [5.74, 6) is -1.17. The predicted octanol–water partition coefficient (Wildman–Crippen LogP) is 3.07. The van der Waals surface area contributed by atoms with Crippen molar-refractivity contribution < 1.29 is 30.6 Å². The summed E-state index contributed by atoms with van der Waals surface area (Å²) in [5, 5.41) is 0.802. The average molecular weight is 408 g/mol. The van der Waals surface area contributed by atoms with Crippen LogP contribution in [0.2, 0.25) is 0 Å². The van der Waals surface area contributed by atoms with E-state index in [0.29, 0.717) is 5.56 Å². The summed E-state index contributed by atoms with van der Waals surface area (Å²) < 4.78 is 64.5. The normalized spacial score (nSPS) is 12.2. The maximum absolute atomic E-state index is 12.6. The number of hydrogen-bond donors (Lipinski definition) is 1. The van der Waals surface area contributed by atoms with Crippen molar-refractivity contribution >= 4 is 27.4 Å². The lowest BCUT2D eigenvalue weighted by Crippen LogP contribution is -2.28. The predicted molar refractivity (Wildman–Crippen MR) is 90.1 cm³/mol. The molecule has 6 nitrogen and oxygen atoms in total. The van der Waals surface area contributed by atoms with Gasteiger partial charge in [0.15, 0.2) is 0 Å². The third kappa shape index (κ3) is 4.52. The highest BCUT2D eigenvalue weighted by Crippen LogP contribution is 2.35. The Morgan fingerprint density at radius 3 is 2.46 bits per heavy atom. The molecule has 0 aliphatic heterocycles. The summed E-state index contributed by atoms with van der Waals surface area (Å²) >= 11 is 1.38. The van der Waals surface area contributed by atoms with Crippen LogP contribution in [0.5, 0.6) is 5.75 Å². The van der Waals surface area contributed by atoms with Crippen LogP contribution in [0.3, 0.4) is 0 Å². The van der Waals surface area contributed by atoms with Crippen LogP contribution in [0, 0.1) is 13.8 Å². The highest BCUT2D eigenvalue weighted by molar-refractivity contribution is 7.88. The number of aryl methyl sites for hydroxylation is 3. The Bertz CT molecular complexity index is 937. The number of rotatable bonds is 6. The number of amides is 1. The molecule has 0 saturated carbocycles. The molecule has 0 saturated heterocycles. The summed E-state index contributed by atoms with van der Waals surface area (Å²) in [6, 6.07) is 4.04. The van der Waals surface area contributed by atoms with E-state index in [0.717, 1.165) is 21.6 Å². The van der Waals surface area contributed by atoms with Crippen LogP contribution in [0.1, 0.15) is 22.7 Å². The van der Waals surface area contributed by atoms with Gasteiger partial charge < -0.3 is 9.92 Å². The van der Waals surface area contributed by atoms with Crippen molar-refractivity contribution in [3.8, 4) is 16.2 Å². The molecule has 1 heterocycles. The van der Waals surface area contributed by atoms with Crippen LogP contribution in [0.25, 0.3) is 10.4 Å². The first-order chi connectivity index (χ1) is 11.9. The Morgan fingerprint density at radius 1 is 1.31 bits per heavy atom. The molecule has 2 N–H and O–H groups in total. The minimum atomic E-state index is -5.82. The number of nitrogens with zero attached hydrogens (tertiary/aromatic N) is 1. The Kier molecular flexibility index (Phi) is 5.61. The van der Waals surface area contributed by atoms with E-state index in [1.54, 1.807) is 6.92 Å². The van der Waals surface area contributed by atoms with Crippen LogP contribution < -0.4 is 9.92 Å². The van der Waals surface area contributed by atoms with E-state index in [2.05, 4.69) is 9.17 Å². The molecule has 0 spiro atoms. The minimum Gasteiger partial charge on any atom is -0.376 e. The summed E-state index contributed by atoms with van der Waals surface area (Å²) in [5.41, 5.74) is 1.00. The lowest BCUT2D eigenvalue weighted by molar-refractivity contribution is -0.118. The molecule has 0 unspecified atom stereocenters. The number of nitrogens with two attached hydrogens (primary N) is 1. The zero-order valence-electron chi connectivity index (χ0n) is 13.8. The quantitative estimate of drug-likeness (QED) is 0.585. The minimum absolute atomic E-state index is 0.0667. The maximum Gasteiger partial charge on any atom is 0.534 e. The molecule has 1 aromatic carbocycles. The van der Waals surface area contributed by atoms with Gasteiger partial charge >= 0.3 is 15.6 Å². The van der Waals surface area contributed by atoms with Crippen LogP contribution in [-0.4, -0.2) is 24.8 Å².